The lowest BCUT2D eigenvalue weighted by Gasteiger charge is -2.32. The van der Waals surface area contributed by atoms with Crippen LogP contribution in [0.3, 0.4) is 0 Å². The average Bonchev–Trinajstić information content (AvgIpc) is 2.61. The molecule has 0 saturated carbocycles. The molecular formula is C20H22F3N. The van der Waals surface area contributed by atoms with E-state index in [9.17, 15) is 13.2 Å². The van der Waals surface area contributed by atoms with Gasteiger partial charge in [0.2, 0.25) is 0 Å². The monoisotopic (exact) mass is 333 g/mol. The topological polar surface area (TPSA) is 3.24 Å². The molecule has 0 aliphatic carbocycles. The predicted octanol–water partition coefficient (Wildman–Crippen LogP) is 5.13. The third-order valence-corrected chi connectivity index (χ3v) is 4.88. The summed E-state index contributed by atoms with van der Waals surface area (Å²) in [5.74, 6) is 0.574. The lowest BCUT2D eigenvalue weighted by molar-refractivity contribution is -0.138. The van der Waals surface area contributed by atoms with Gasteiger partial charge in [-0.15, -0.1) is 0 Å². The molecule has 1 aliphatic heterocycles. The van der Waals surface area contributed by atoms with Crippen LogP contribution >= 0.6 is 0 Å². The zero-order valence-corrected chi connectivity index (χ0v) is 13.6. The largest absolute Gasteiger partial charge is 0.416 e. The fourth-order valence-electron chi connectivity index (χ4n) is 3.51. The molecule has 1 saturated heterocycles. The number of benzene rings is 2. The third kappa shape index (κ3) is 4.18. The van der Waals surface area contributed by atoms with Crippen molar-refractivity contribution in [2.24, 2.45) is 0 Å². The fourth-order valence-corrected chi connectivity index (χ4v) is 3.51. The first-order valence-electron chi connectivity index (χ1n) is 8.46. The van der Waals surface area contributed by atoms with Crippen LogP contribution in [0.1, 0.15) is 35.4 Å². The van der Waals surface area contributed by atoms with Crippen molar-refractivity contribution in [1.29, 1.82) is 0 Å². The van der Waals surface area contributed by atoms with Crippen LogP contribution < -0.4 is 0 Å². The molecule has 24 heavy (non-hydrogen) atoms. The second kappa shape index (κ2) is 7.39. The molecule has 0 amide bonds. The highest BCUT2D eigenvalue weighted by molar-refractivity contribution is 5.30. The van der Waals surface area contributed by atoms with E-state index in [1.54, 1.807) is 12.1 Å². The maximum Gasteiger partial charge on any atom is 0.416 e. The smallest absolute Gasteiger partial charge is 0.303 e. The quantitative estimate of drug-likeness (QED) is 0.750. The molecule has 0 bridgehead atoms. The van der Waals surface area contributed by atoms with Gasteiger partial charge >= 0.3 is 6.18 Å². The van der Waals surface area contributed by atoms with Crippen LogP contribution in [0.15, 0.2) is 54.6 Å². The Morgan fingerprint density at radius 2 is 1.50 bits per heavy atom. The summed E-state index contributed by atoms with van der Waals surface area (Å²) in [5.41, 5.74) is 1.28. The SMILES string of the molecule is FC(F)(F)c1ccccc1CCN1CCC(c2ccccc2)CC1. The Bertz CT molecular complexity index is 643. The van der Waals surface area contributed by atoms with E-state index in [0.717, 1.165) is 25.9 Å². The predicted molar refractivity (Wildman–Crippen MR) is 90.0 cm³/mol. The molecule has 1 aliphatic rings. The fraction of sp³-hybridized carbons (Fsp3) is 0.400. The van der Waals surface area contributed by atoms with Crippen molar-refractivity contribution >= 4 is 0 Å². The molecule has 1 nitrogen and oxygen atoms in total. The number of rotatable bonds is 4. The zero-order valence-electron chi connectivity index (χ0n) is 13.6. The summed E-state index contributed by atoms with van der Waals surface area (Å²) in [6.07, 6.45) is -1.67. The van der Waals surface area contributed by atoms with Gasteiger partial charge in [0.1, 0.15) is 0 Å². The van der Waals surface area contributed by atoms with E-state index >= 15 is 0 Å². The van der Waals surface area contributed by atoms with E-state index < -0.39 is 11.7 Å². The Kier molecular flexibility index (Phi) is 5.24. The standard InChI is InChI=1S/C20H22F3N/c21-20(22,23)19-9-5-4-8-18(19)12-15-24-13-10-17(11-14-24)16-6-2-1-3-7-16/h1-9,17H,10-15H2. The maximum atomic E-state index is 13.0. The first-order valence-corrected chi connectivity index (χ1v) is 8.46. The molecule has 128 valence electrons. The Labute approximate surface area is 141 Å². The molecular weight excluding hydrogens is 311 g/mol. The molecule has 2 aromatic rings. The minimum absolute atomic E-state index is 0.398. The lowest BCUT2D eigenvalue weighted by atomic mass is 9.89. The van der Waals surface area contributed by atoms with Crippen molar-refractivity contribution in [2.75, 3.05) is 19.6 Å². The number of nitrogens with zero attached hydrogens (tertiary/aromatic N) is 1. The lowest BCUT2D eigenvalue weighted by Crippen LogP contribution is -2.34. The van der Waals surface area contributed by atoms with Crippen LogP contribution in [-0.4, -0.2) is 24.5 Å². The molecule has 2 aromatic carbocycles. The van der Waals surface area contributed by atoms with Gasteiger partial charge in [-0.3, -0.25) is 0 Å². The van der Waals surface area contributed by atoms with Crippen molar-refractivity contribution in [3.63, 3.8) is 0 Å². The van der Waals surface area contributed by atoms with E-state index in [0.29, 0.717) is 24.4 Å². The van der Waals surface area contributed by atoms with Crippen LogP contribution in [0.4, 0.5) is 13.2 Å². The Balaban J connectivity index is 1.55. The van der Waals surface area contributed by atoms with Crippen molar-refractivity contribution in [3.8, 4) is 0 Å². The molecule has 0 unspecified atom stereocenters. The number of hydrogen-bond donors (Lipinski definition) is 0. The molecule has 4 heteroatoms. The molecule has 0 atom stereocenters. The first-order chi connectivity index (χ1) is 11.5. The second-order valence-electron chi connectivity index (χ2n) is 6.43. The Hall–Kier alpha value is -1.81. The molecule has 0 N–H and O–H groups in total. The molecule has 1 heterocycles. The van der Waals surface area contributed by atoms with Gasteiger partial charge in [-0.05, 0) is 55.5 Å². The van der Waals surface area contributed by atoms with E-state index in [2.05, 4.69) is 29.2 Å². The highest BCUT2D eigenvalue weighted by Gasteiger charge is 2.32. The minimum atomic E-state index is -4.27. The van der Waals surface area contributed by atoms with Crippen molar-refractivity contribution in [1.82, 2.24) is 4.90 Å². The van der Waals surface area contributed by atoms with Gasteiger partial charge in [0, 0.05) is 6.54 Å². The van der Waals surface area contributed by atoms with Crippen LogP contribution in [0, 0.1) is 0 Å². The maximum absolute atomic E-state index is 13.0. The molecule has 0 aromatic heterocycles. The molecule has 0 radical (unpaired) electrons. The Morgan fingerprint density at radius 1 is 0.875 bits per heavy atom. The Morgan fingerprint density at radius 3 is 2.17 bits per heavy atom. The summed E-state index contributed by atoms with van der Waals surface area (Å²) >= 11 is 0. The number of halogens is 3. The highest BCUT2D eigenvalue weighted by Crippen LogP contribution is 2.32. The third-order valence-electron chi connectivity index (χ3n) is 4.88. The van der Waals surface area contributed by atoms with Crippen molar-refractivity contribution in [2.45, 2.75) is 31.4 Å². The summed E-state index contributed by atoms with van der Waals surface area (Å²) < 4.78 is 39.1. The summed E-state index contributed by atoms with van der Waals surface area (Å²) in [4.78, 5) is 2.28. The van der Waals surface area contributed by atoms with Crippen LogP contribution in [-0.2, 0) is 12.6 Å². The van der Waals surface area contributed by atoms with E-state index in [4.69, 9.17) is 0 Å². The molecule has 1 fully saturated rings. The molecule has 3 rings (SSSR count). The van der Waals surface area contributed by atoms with Crippen LogP contribution in [0.25, 0.3) is 0 Å². The van der Waals surface area contributed by atoms with E-state index in [1.165, 1.54) is 17.7 Å². The van der Waals surface area contributed by atoms with E-state index in [-0.39, 0.29) is 0 Å². The molecule has 0 spiro atoms. The zero-order chi connectivity index (χ0) is 17.0. The van der Waals surface area contributed by atoms with Gasteiger partial charge in [0.15, 0.2) is 0 Å². The van der Waals surface area contributed by atoms with Crippen LogP contribution in [0.2, 0.25) is 0 Å². The van der Waals surface area contributed by atoms with E-state index in [1.807, 2.05) is 6.07 Å². The van der Waals surface area contributed by atoms with Crippen molar-refractivity contribution < 1.29 is 13.2 Å². The van der Waals surface area contributed by atoms with Gasteiger partial charge in [-0.25, -0.2) is 0 Å². The summed E-state index contributed by atoms with van der Waals surface area (Å²) in [7, 11) is 0. The minimum Gasteiger partial charge on any atom is -0.303 e. The summed E-state index contributed by atoms with van der Waals surface area (Å²) in [5, 5.41) is 0. The van der Waals surface area contributed by atoms with Gasteiger partial charge in [-0.1, -0.05) is 48.5 Å². The summed E-state index contributed by atoms with van der Waals surface area (Å²) in [6, 6.07) is 16.4. The van der Waals surface area contributed by atoms with Gasteiger partial charge in [0.25, 0.3) is 0 Å². The number of likely N-dealkylation sites (tertiary alicyclic amines) is 1. The number of hydrogen-bond acceptors (Lipinski definition) is 1. The highest BCUT2D eigenvalue weighted by atomic mass is 19.4. The number of alkyl halides is 3. The van der Waals surface area contributed by atoms with Gasteiger partial charge < -0.3 is 4.90 Å². The van der Waals surface area contributed by atoms with Crippen molar-refractivity contribution in [3.05, 3.63) is 71.3 Å². The van der Waals surface area contributed by atoms with Crippen LogP contribution in [0.5, 0.6) is 0 Å². The first kappa shape index (κ1) is 17.0. The normalized spacial score (nSPS) is 17.1. The second-order valence-corrected chi connectivity index (χ2v) is 6.43. The number of piperidine rings is 1. The van der Waals surface area contributed by atoms with Gasteiger partial charge in [-0.2, -0.15) is 13.2 Å². The van der Waals surface area contributed by atoms with Gasteiger partial charge in [0.05, 0.1) is 5.56 Å². The summed E-state index contributed by atoms with van der Waals surface area (Å²) in [6.45, 7) is 2.59. The average molecular weight is 333 g/mol.